The average molecular weight is 310 g/mol. The van der Waals surface area contributed by atoms with Crippen LogP contribution in [0.25, 0.3) is 0 Å². The fourth-order valence-electron chi connectivity index (χ4n) is 2.74. The molecule has 6 heteroatoms. The lowest BCUT2D eigenvalue weighted by atomic mass is 9.99. The van der Waals surface area contributed by atoms with E-state index < -0.39 is 5.97 Å². The second kappa shape index (κ2) is 7.56. The summed E-state index contributed by atoms with van der Waals surface area (Å²) < 4.78 is 0. The molecule has 1 unspecified atom stereocenters. The number of hydrogen-bond donors (Lipinski definition) is 1. The van der Waals surface area contributed by atoms with E-state index in [1.54, 1.807) is 23.3 Å². The normalized spacial score (nSPS) is 19.4. The number of carbonyl (C=O) groups excluding carboxylic acids is 1. The van der Waals surface area contributed by atoms with E-state index in [2.05, 4.69) is 0 Å². The van der Waals surface area contributed by atoms with Crippen molar-refractivity contribution in [2.45, 2.75) is 38.3 Å². The number of nitrogens with zero attached hydrogens (tertiary/aromatic N) is 2. The first-order valence-corrected chi connectivity index (χ1v) is 8.21. The summed E-state index contributed by atoms with van der Waals surface area (Å²) in [6.45, 7) is 1.74. The minimum absolute atomic E-state index is 0.00486. The molecule has 21 heavy (non-hydrogen) atoms. The highest BCUT2D eigenvalue weighted by Crippen LogP contribution is 2.20. The number of carboxylic acid groups (broad SMARTS) is 1. The molecule has 1 aliphatic rings. The van der Waals surface area contributed by atoms with Crippen LogP contribution >= 0.6 is 11.3 Å². The molecule has 1 atom stereocenters. The summed E-state index contributed by atoms with van der Waals surface area (Å²) in [6, 6.07) is 2.01. The molecule has 1 saturated heterocycles. The smallest absolute Gasteiger partial charge is 0.304 e. The number of rotatable bonds is 6. The van der Waals surface area contributed by atoms with Gasteiger partial charge in [0.05, 0.1) is 13.0 Å². The van der Waals surface area contributed by atoms with Crippen LogP contribution in [-0.4, -0.2) is 53.0 Å². The van der Waals surface area contributed by atoms with Crippen molar-refractivity contribution in [2.24, 2.45) is 0 Å². The van der Waals surface area contributed by atoms with Crippen LogP contribution < -0.4 is 0 Å². The van der Waals surface area contributed by atoms with Gasteiger partial charge in [-0.1, -0.05) is 6.42 Å². The van der Waals surface area contributed by atoms with E-state index in [1.807, 2.05) is 21.7 Å². The molecule has 1 N–H and O–H groups in total. The summed E-state index contributed by atoms with van der Waals surface area (Å²) in [5, 5.41) is 13.0. The lowest BCUT2D eigenvalue weighted by Gasteiger charge is -2.35. The predicted octanol–water partition coefficient (Wildman–Crippen LogP) is 2.04. The van der Waals surface area contributed by atoms with Crippen molar-refractivity contribution in [3.8, 4) is 0 Å². The van der Waals surface area contributed by atoms with Crippen LogP contribution in [0.5, 0.6) is 0 Å². The second-order valence-corrected chi connectivity index (χ2v) is 6.38. The molecule has 0 aliphatic carbocycles. The molecule has 0 aromatic carbocycles. The van der Waals surface area contributed by atoms with E-state index >= 15 is 0 Å². The summed E-state index contributed by atoms with van der Waals surface area (Å²) in [5.41, 5.74) is 1.14. The molecule has 0 radical (unpaired) electrons. The van der Waals surface area contributed by atoms with Crippen LogP contribution in [0.3, 0.4) is 0 Å². The maximum atomic E-state index is 12.3. The molecule has 116 valence electrons. The number of likely N-dealkylation sites (N-methyl/N-ethyl adjacent to an activating group) is 1. The van der Waals surface area contributed by atoms with Gasteiger partial charge in [0.1, 0.15) is 0 Å². The molecule has 1 aromatic rings. The molecule has 2 heterocycles. The second-order valence-electron chi connectivity index (χ2n) is 5.60. The zero-order chi connectivity index (χ0) is 15.2. The Bertz CT molecular complexity index is 475. The van der Waals surface area contributed by atoms with Gasteiger partial charge in [-0.25, -0.2) is 0 Å². The standard InChI is InChI=1S/C15H22N2O3S/c1-16(9-12-5-7-21-11-12)14(18)10-17-6-3-2-4-13(17)8-15(19)20/h5,7,11,13H,2-4,6,8-10H2,1H3,(H,19,20). The van der Waals surface area contributed by atoms with Crippen molar-refractivity contribution in [3.63, 3.8) is 0 Å². The maximum Gasteiger partial charge on any atom is 0.304 e. The van der Waals surface area contributed by atoms with E-state index in [-0.39, 0.29) is 18.4 Å². The van der Waals surface area contributed by atoms with Crippen molar-refractivity contribution in [1.82, 2.24) is 9.80 Å². The number of piperidine rings is 1. The Morgan fingerprint density at radius 2 is 2.29 bits per heavy atom. The van der Waals surface area contributed by atoms with Crippen molar-refractivity contribution < 1.29 is 14.7 Å². The highest BCUT2D eigenvalue weighted by molar-refractivity contribution is 7.07. The van der Waals surface area contributed by atoms with E-state index in [4.69, 9.17) is 5.11 Å². The molecular weight excluding hydrogens is 288 g/mol. The average Bonchev–Trinajstić information content (AvgIpc) is 2.93. The number of hydrogen-bond acceptors (Lipinski definition) is 4. The molecule has 1 aliphatic heterocycles. The van der Waals surface area contributed by atoms with Crippen molar-refractivity contribution in [1.29, 1.82) is 0 Å². The first-order chi connectivity index (χ1) is 10.1. The third-order valence-electron chi connectivity index (χ3n) is 3.92. The molecule has 1 aromatic heterocycles. The Balaban J connectivity index is 1.88. The minimum atomic E-state index is -0.786. The summed E-state index contributed by atoms with van der Waals surface area (Å²) in [4.78, 5) is 27.0. The van der Waals surface area contributed by atoms with Crippen LogP contribution in [0.2, 0.25) is 0 Å². The fraction of sp³-hybridized carbons (Fsp3) is 0.600. The molecule has 5 nitrogen and oxygen atoms in total. The summed E-state index contributed by atoms with van der Waals surface area (Å²) in [6.07, 6.45) is 3.08. The minimum Gasteiger partial charge on any atom is -0.481 e. The SMILES string of the molecule is CN(Cc1ccsc1)C(=O)CN1CCCCC1CC(=O)O. The predicted molar refractivity (Wildman–Crippen MR) is 82.3 cm³/mol. The monoisotopic (exact) mass is 310 g/mol. The summed E-state index contributed by atoms with van der Waals surface area (Å²) in [5.74, 6) is -0.732. The summed E-state index contributed by atoms with van der Waals surface area (Å²) in [7, 11) is 1.80. The van der Waals surface area contributed by atoms with Crippen LogP contribution in [0.15, 0.2) is 16.8 Å². The Kier molecular flexibility index (Phi) is 5.76. The Morgan fingerprint density at radius 3 is 2.95 bits per heavy atom. The van der Waals surface area contributed by atoms with Gasteiger partial charge in [-0.2, -0.15) is 11.3 Å². The van der Waals surface area contributed by atoms with E-state index in [1.165, 1.54) is 0 Å². The molecular formula is C15H22N2O3S. The van der Waals surface area contributed by atoms with Gasteiger partial charge in [0.15, 0.2) is 0 Å². The maximum absolute atomic E-state index is 12.3. The Morgan fingerprint density at radius 1 is 1.48 bits per heavy atom. The Labute approximate surface area is 129 Å². The Hall–Kier alpha value is -1.40. The topological polar surface area (TPSA) is 60.9 Å². The lowest BCUT2D eigenvalue weighted by Crippen LogP contribution is -2.46. The van der Waals surface area contributed by atoms with Gasteiger partial charge in [-0.15, -0.1) is 0 Å². The molecule has 1 amide bonds. The zero-order valence-electron chi connectivity index (χ0n) is 12.3. The molecule has 0 spiro atoms. The fourth-order valence-corrected chi connectivity index (χ4v) is 3.40. The number of thiophene rings is 1. The molecule has 0 bridgehead atoms. The number of carboxylic acids is 1. The van der Waals surface area contributed by atoms with E-state index in [0.717, 1.165) is 31.4 Å². The molecule has 2 rings (SSSR count). The quantitative estimate of drug-likeness (QED) is 0.873. The van der Waals surface area contributed by atoms with Gasteiger partial charge in [0.2, 0.25) is 5.91 Å². The lowest BCUT2D eigenvalue weighted by molar-refractivity contribution is -0.140. The van der Waals surface area contributed by atoms with Crippen LogP contribution in [0.4, 0.5) is 0 Å². The largest absolute Gasteiger partial charge is 0.481 e. The number of aliphatic carboxylic acids is 1. The van der Waals surface area contributed by atoms with Gasteiger partial charge in [-0.3, -0.25) is 14.5 Å². The van der Waals surface area contributed by atoms with Gasteiger partial charge >= 0.3 is 5.97 Å². The van der Waals surface area contributed by atoms with E-state index in [0.29, 0.717) is 13.1 Å². The van der Waals surface area contributed by atoms with Crippen LogP contribution in [-0.2, 0) is 16.1 Å². The third-order valence-corrected chi connectivity index (χ3v) is 4.66. The number of amides is 1. The zero-order valence-corrected chi connectivity index (χ0v) is 13.1. The van der Waals surface area contributed by atoms with Gasteiger partial charge < -0.3 is 10.0 Å². The van der Waals surface area contributed by atoms with Crippen molar-refractivity contribution >= 4 is 23.2 Å². The summed E-state index contributed by atoms with van der Waals surface area (Å²) >= 11 is 1.62. The molecule has 0 saturated carbocycles. The highest BCUT2D eigenvalue weighted by Gasteiger charge is 2.27. The molecule has 1 fully saturated rings. The third kappa shape index (κ3) is 4.82. The van der Waals surface area contributed by atoms with Gasteiger partial charge in [0, 0.05) is 19.6 Å². The number of carbonyl (C=O) groups is 2. The van der Waals surface area contributed by atoms with Crippen molar-refractivity contribution in [3.05, 3.63) is 22.4 Å². The van der Waals surface area contributed by atoms with Gasteiger partial charge in [0.25, 0.3) is 0 Å². The van der Waals surface area contributed by atoms with Gasteiger partial charge in [-0.05, 0) is 41.8 Å². The van der Waals surface area contributed by atoms with E-state index in [9.17, 15) is 9.59 Å². The first kappa shape index (κ1) is 16.0. The van der Waals surface area contributed by atoms with Crippen LogP contribution in [0.1, 0.15) is 31.2 Å². The number of likely N-dealkylation sites (tertiary alicyclic amines) is 1. The van der Waals surface area contributed by atoms with Crippen molar-refractivity contribution in [2.75, 3.05) is 20.1 Å². The van der Waals surface area contributed by atoms with Crippen LogP contribution in [0, 0.1) is 0 Å². The first-order valence-electron chi connectivity index (χ1n) is 7.27. The highest BCUT2D eigenvalue weighted by atomic mass is 32.1.